The molecule has 2 fully saturated rings. The van der Waals surface area contributed by atoms with Gasteiger partial charge in [-0.2, -0.15) is 0 Å². The number of halogens is 1. The molecule has 1 saturated heterocycles. The minimum atomic E-state index is 0. The second-order valence-electron chi connectivity index (χ2n) is 6.23. The number of amides is 1. The summed E-state index contributed by atoms with van der Waals surface area (Å²) in [6.45, 7) is 6.56. The van der Waals surface area contributed by atoms with Crippen molar-refractivity contribution in [1.29, 1.82) is 0 Å². The van der Waals surface area contributed by atoms with Crippen molar-refractivity contribution in [3.63, 3.8) is 0 Å². The third-order valence-electron chi connectivity index (χ3n) is 4.49. The van der Waals surface area contributed by atoms with Crippen molar-refractivity contribution in [1.82, 2.24) is 10.2 Å². The molecule has 1 heterocycles. The van der Waals surface area contributed by atoms with E-state index < -0.39 is 0 Å². The van der Waals surface area contributed by atoms with Gasteiger partial charge in [-0.15, -0.1) is 12.4 Å². The van der Waals surface area contributed by atoms with Gasteiger partial charge in [-0.3, -0.25) is 4.79 Å². The second-order valence-corrected chi connectivity index (χ2v) is 6.23. The lowest BCUT2D eigenvalue weighted by atomic mass is 10.0. The topological polar surface area (TPSA) is 32.3 Å². The van der Waals surface area contributed by atoms with Gasteiger partial charge in [0.05, 0.1) is 0 Å². The Hall–Kier alpha value is -0.280. The minimum Gasteiger partial charge on any atom is -0.337 e. The van der Waals surface area contributed by atoms with E-state index in [0.717, 1.165) is 31.8 Å². The lowest BCUT2D eigenvalue weighted by Crippen LogP contribution is -2.43. The zero-order valence-electron chi connectivity index (χ0n) is 12.4. The van der Waals surface area contributed by atoms with E-state index in [9.17, 15) is 4.79 Å². The molecular formula is C15H29ClN2O. The average molecular weight is 289 g/mol. The van der Waals surface area contributed by atoms with Gasteiger partial charge in [-0.25, -0.2) is 0 Å². The Kier molecular flexibility index (Phi) is 7.16. The number of nitrogens with one attached hydrogen (secondary N) is 1. The molecule has 1 aliphatic carbocycles. The van der Waals surface area contributed by atoms with Crippen molar-refractivity contribution in [2.45, 2.75) is 70.9 Å². The maximum absolute atomic E-state index is 12.4. The van der Waals surface area contributed by atoms with E-state index in [4.69, 9.17) is 0 Å². The number of carbonyl (C=O) groups is 1. The maximum atomic E-state index is 12.4. The van der Waals surface area contributed by atoms with Crippen LogP contribution in [0.15, 0.2) is 0 Å². The molecular weight excluding hydrogens is 260 g/mol. The smallest absolute Gasteiger partial charge is 0.223 e. The van der Waals surface area contributed by atoms with E-state index >= 15 is 0 Å². The van der Waals surface area contributed by atoms with Crippen molar-refractivity contribution < 1.29 is 4.79 Å². The van der Waals surface area contributed by atoms with Crippen molar-refractivity contribution in [3.8, 4) is 0 Å². The van der Waals surface area contributed by atoms with Crippen LogP contribution in [0.4, 0.5) is 0 Å². The predicted molar refractivity (Wildman–Crippen MR) is 81.7 cm³/mol. The van der Waals surface area contributed by atoms with Gasteiger partial charge in [-0.1, -0.05) is 12.8 Å². The van der Waals surface area contributed by atoms with Gasteiger partial charge in [0, 0.05) is 18.5 Å². The summed E-state index contributed by atoms with van der Waals surface area (Å²) in [7, 11) is 0. The highest BCUT2D eigenvalue weighted by Crippen LogP contribution is 2.26. The number of carbonyl (C=O) groups excluding carboxylic acids is 1. The molecule has 1 saturated carbocycles. The molecule has 0 spiro atoms. The lowest BCUT2D eigenvalue weighted by molar-refractivity contribution is -0.135. The summed E-state index contributed by atoms with van der Waals surface area (Å²) >= 11 is 0. The molecule has 2 rings (SSSR count). The lowest BCUT2D eigenvalue weighted by Gasteiger charge is -2.33. The predicted octanol–water partition coefficient (Wildman–Crippen LogP) is 2.98. The van der Waals surface area contributed by atoms with Crippen molar-refractivity contribution in [2.24, 2.45) is 5.92 Å². The van der Waals surface area contributed by atoms with Crippen molar-refractivity contribution in [2.75, 3.05) is 13.1 Å². The van der Waals surface area contributed by atoms with E-state index in [1.165, 1.54) is 32.1 Å². The van der Waals surface area contributed by atoms with E-state index in [1.54, 1.807) is 0 Å². The van der Waals surface area contributed by atoms with Gasteiger partial charge < -0.3 is 10.2 Å². The molecule has 112 valence electrons. The van der Waals surface area contributed by atoms with Gasteiger partial charge in [0.1, 0.15) is 0 Å². The molecule has 0 aromatic carbocycles. The molecule has 2 aliphatic rings. The first kappa shape index (κ1) is 16.8. The molecule has 1 amide bonds. The van der Waals surface area contributed by atoms with Gasteiger partial charge in [0.2, 0.25) is 5.91 Å². The minimum absolute atomic E-state index is 0. The molecule has 1 aliphatic heterocycles. The molecule has 0 radical (unpaired) electrons. The van der Waals surface area contributed by atoms with Crippen LogP contribution in [-0.4, -0.2) is 36.0 Å². The first-order valence-electron chi connectivity index (χ1n) is 7.70. The van der Waals surface area contributed by atoms with E-state index in [-0.39, 0.29) is 12.4 Å². The van der Waals surface area contributed by atoms with Crippen LogP contribution in [0.2, 0.25) is 0 Å². The molecule has 0 aromatic rings. The Morgan fingerprint density at radius 3 is 2.47 bits per heavy atom. The van der Waals surface area contributed by atoms with Gasteiger partial charge in [0.25, 0.3) is 0 Å². The van der Waals surface area contributed by atoms with Crippen LogP contribution < -0.4 is 5.32 Å². The summed E-state index contributed by atoms with van der Waals surface area (Å²) in [6, 6.07) is 0.890. The van der Waals surface area contributed by atoms with Gasteiger partial charge in [0.15, 0.2) is 0 Å². The highest BCUT2D eigenvalue weighted by atomic mass is 35.5. The monoisotopic (exact) mass is 288 g/mol. The fourth-order valence-electron chi connectivity index (χ4n) is 3.51. The number of hydrogen-bond donors (Lipinski definition) is 1. The number of hydrogen-bond acceptors (Lipinski definition) is 2. The van der Waals surface area contributed by atoms with Crippen molar-refractivity contribution in [3.05, 3.63) is 0 Å². The number of rotatable bonds is 5. The van der Waals surface area contributed by atoms with Crippen LogP contribution in [0, 0.1) is 5.92 Å². The molecule has 1 atom stereocenters. The summed E-state index contributed by atoms with van der Waals surface area (Å²) < 4.78 is 0. The van der Waals surface area contributed by atoms with Crippen molar-refractivity contribution >= 4 is 18.3 Å². The quantitative estimate of drug-likeness (QED) is 0.843. The van der Waals surface area contributed by atoms with Crippen LogP contribution in [0.1, 0.15) is 58.8 Å². The molecule has 0 bridgehead atoms. The zero-order valence-corrected chi connectivity index (χ0v) is 13.2. The largest absolute Gasteiger partial charge is 0.337 e. The van der Waals surface area contributed by atoms with Crippen LogP contribution in [-0.2, 0) is 4.79 Å². The van der Waals surface area contributed by atoms with Crippen LogP contribution in [0.25, 0.3) is 0 Å². The Bertz CT molecular complexity index is 271. The normalized spacial score (nSPS) is 23.6. The molecule has 3 nitrogen and oxygen atoms in total. The summed E-state index contributed by atoms with van der Waals surface area (Å²) in [4.78, 5) is 14.6. The van der Waals surface area contributed by atoms with Crippen LogP contribution in [0.3, 0.4) is 0 Å². The third-order valence-corrected chi connectivity index (χ3v) is 4.49. The Labute approximate surface area is 123 Å². The first-order chi connectivity index (χ1) is 8.68. The van der Waals surface area contributed by atoms with E-state index in [1.807, 2.05) is 0 Å². The first-order valence-corrected chi connectivity index (χ1v) is 7.70. The van der Waals surface area contributed by atoms with Crippen LogP contribution in [0.5, 0.6) is 0 Å². The second kappa shape index (κ2) is 8.11. The fraction of sp³-hybridized carbons (Fsp3) is 0.933. The fourth-order valence-corrected chi connectivity index (χ4v) is 3.51. The Morgan fingerprint density at radius 1 is 1.26 bits per heavy atom. The Balaban J connectivity index is 0.00000180. The SMILES string of the molecule is CC(C)N(C(=O)CCC1CCNC1)C1CCCC1.Cl. The summed E-state index contributed by atoms with van der Waals surface area (Å²) in [5.41, 5.74) is 0. The van der Waals surface area contributed by atoms with E-state index in [2.05, 4.69) is 24.1 Å². The summed E-state index contributed by atoms with van der Waals surface area (Å²) in [5, 5.41) is 3.38. The standard InChI is InChI=1S/C15H28N2O.ClH/c1-12(2)17(14-5-3-4-6-14)15(18)8-7-13-9-10-16-11-13;/h12-14,16H,3-11H2,1-2H3;1H. The van der Waals surface area contributed by atoms with Crippen LogP contribution >= 0.6 is 12.4 Å². The highest BCUT2D eigenvalue weighted by molar-refractivity contribution is 5.85. The average Bonchev–Trinajstić information content (AvgIpc) is 2.99. The molecule has 1 N–H and O–H groups in total. The zero-order chi connectivity index (χ0) is 13.0. The summed E-state index contributed by atoms with van der Waals surface area (Å²) in [6.07, 6.45) is 8.10. The highest BCUT2D eigenvalue weighted by Gasteiger charge is 2.28. The third kappa shape index (κ3) is 4.64. The Morgan fingerprint density at radius 2 is 1.95 bits per heavy atom. The molecule has 1 unspecified atom stereocenters. The van der Waals surface area contributed by atoms with Gasteiger partial charge in [-0.05, 0) is 58.5 Å². The summed E-state index contributed by atoms with van der Waals surface area (Å²) in [5.74, 6) is 1.12. The number of nitrogens with zero attached hydrogens (tertiary/aromatic N) is 1. The van der Waals surface area contributed by atoms with Gasteiger partial charge >= 0.3 is 0 Å². The maximum Gasteiger partial charge on any atom is 0.223 e. The molecule has 4 heteroatoms. The van der Waals surface area contributed by atoms with E-state index in [0.29, 0.717) is 18.0 Å². The molecule has 19 heavy (non-hydrogen) atoms. The molecule has 0 aromatic heterocycles.